The van der Waals surface area contributed by atoms with Gasteiger partial charge in [-0.25, -0.2) is 23.7 Å². The van der Waals surface area contributed by atoms with Gasteiger partial charge in [-0.15, -0.1) is 0 Å². The van der Waals surface area contributed by atoms with Crippen molar-refractivity contribution in [3.05, 3.63) is 72.0 Å². The standard InChI is InChI=1S/C28H25F2N9/c1-17-13-39(16-32-17)23-4-2-3-21-24(23)35-27(34-21)26-25-22(36-37-26)6-5-20(33-25)19-7-9-31-12-18(11-19)14-38-10-8-28(29,30)15-38/h2-7,11-13,16H,8-10,14-15H2,1H3,(H,34,35)(H,36,37). The first-order valence-electron chi connectivity index (χ1n) is 12.8. The molecule has 1 saturated heterocycles. The zero-order valence-corrected chi connectivity index (χ0v) is 21.2. The van der Waals surface area contributed by atoms with E-state index in [1.165, 1.54) is 0 Å². The highest BCUT2D eigenvalue weighted by Crippen LogP contribution is 2.30. The summed E-state index contributed by atoms with van der Waals surface area (Å²) >= 11 is 0. The van der Waals surface area contributed by atoms with Crippen LogP contribution < -0.4 is 0 Å². The van der Waals surface area contributed by atoms with Gasteiger partial charge in [-0.05, 0) is 48.4 Å². The number of hydrogen-bond acceptors (Lipinski definition) is 6. The van der Waals surface area contributed by atoms with E-state index in [0.29, 0.717) is 36.7 Å². The van der Waals surface area contributed by atoms with Gasteiger partial charge in [0.25, 0.3) is 5.92 Å². The second-order valence-corrected chi connectivity index (χ2v) is 10.0. The average Bonchev–Trinajstić information content (AvgIpc) is 3.67. The molecule has 7 rings (SSSR count). The fourth-order valence-corrected chi connectivity index (χ4v) is 5.20. The molecule has 2 aliphatic heterocycles. The van der Waals surface area contributed by atoms with Crippen LogP contribution in [0.1, 0.15) is 17.8 Å². The Balaban J connectivity index is 1.24. The Bertz CT molecular complexity index is 1800. The van der Waals surface area contributed by atoms with E-state index >= 15 is 0 Å². The van der Waals surface area contributed by atoms with Crippen LogP contribution in [0.2, 0.25) is 0 Å². The summed E-state index contributed by atoms with van der Waals surface area (Å²) in [4.78, 5) is 23.8. The van der Waals surface area contributed by atoms with Crippen LogP contribution in [0.3, 0.4) is 0 Å². The first-order valence-corrected chi connectivity index (χ1v) is 12.8. The number of aromatic nitrogens is 7. The number of fused-ring (bicyclic) bond motifs is 2. The normalized spacial score (nSPS) is 17.6. The van der Waals surface area contributed by atoms with Crippen molar-refractivity contribution in [3.63, 3.8) is 0 Å². The van der Waals surface area contributed by atoms with E-state index in [2.05, 4.69) is 25.2 Å². The molecule has 2 N–H and O–H groups in total. The maximum atomic E-state index is 13.7. The fraction of sp³-hybridized carbons (Fsp3) is 0.250. The van der Waals surface area contributed by atoms with Crippen LogP contribution in [0.4, 0.5) is 8.78 Å². The van der Waals surface area contributed by atoms with Crippen LogP contribution in [0.15, 0.2) is 65.6 Å². The number of likely N-dealkylation sites (tertiary alicyclic amines) is 1. The molecule has 0 aliphatic carbocycles. The molecule has 0 unspecified atom stereocenters. The maximum Gasteiger partial charge on any atom is 0.261 e. The van der Waals surface area contributed by atoms with Crippen LogP contribution in [0.25, 0.3) is 44.8 Å². The Kier molecular flexibility index (Phi) is 5.48. The average molecular weight is 526 g/mol. The van der Waals surface area contributed by atoms with Gasteiger partial charge in [-0.3, -0.25) is 15.0 Å². The first kappa shape index (κ1) is 23.6. The number of halogens is 2. The summed E-state index contributed by atoms with van der Waals surface area (Å²) in [5, 5.41) is 7.59. The number of para-hydroxylation sites is 1. The van der Waals surface area contributed by atoms with Crippen LogP contribution in [-0.4, -0.2) is 77.9 Å². The van der Waals surface area contributed by atoms with Crippen molar-refractivity contribution in [2.45, 2.75) is 19.3 Å². The smallest absolute Gasteiger partial charge is 0.261 e. The van der Waals surface area contributed by atoms with Gasteiger partial charge in [-0.2, -0.15) is 5.10 Å². The molecular weight excluding hydrogens is 500 g/mol. The number of aliphatic imine (C=N–C) groups is 1. The number of nitrogens with zero attached hydrogens (tertiary/aromatic N) is 7. The number of allylic oxidation sites excluding steroid dienone is 2. The minimum Gasteiger partial charge on any atom is -0.336 e. The number of pyridine rings is 1. The largest absolute Gasteiger partial charge is 0.336 e. The van der Waals surface area contributed by atoms with Crippen LogP contribution in [0.5, 0.6) is 0 Å². The maximum absolute atomic E-state index is 13.7. The van der Waals surface area contributed by atoms with E-state index < -0.39 is 5.92 Å². The minimum absolute atomic E-state index is 0.104. The van der Waals surface area contributed by atoms with Crippen molar-refractivity contribution < 1.29 is 8.78 Å². The van der Waals surface area contributed by atoms with E-state index in [-0.39, 0.29) is 13.0 Å². The Labute approximate surface area is 222 Å². The second kappa shape index (κ2) is 9.05. The minimum atomic E-state index is -2.62. The number of benzene rings is 1. The van der Waals surface area contributed by atoms with Crippen molar-refractivity contribution >= 4 is 33.9 Å². The summed E-state index contributed by atoms with van der Waals surface area (Å²) in [5.41, 5.74) is 8.14. The molecule has 4 aromatic heterocycles. The number of aromatic amines is 2. The number of imidazole rings is 2. The zero-order valence-electron chi connectivity index (χ0n) is 21.2. The third kappa shape index (κ3) is 4.44. The number of rotatable bonds is 5. The summed E-state index contributed by atoms with van der Waals surface area (Å²) in [6, 6.07) is 9.82. The monoisotopic (exact) mass is 525 g/mol. The lowest BCUT2D eigenvalue weighted by molar-refractivity contribution is 0.0132. The fourth-order valence-electron chi connectivity index (χ4n) is 5.20. The van der Waals surface area contributed by atoms with E-state index in [0.717, 1.165) is 44.8 Å². The Morgan fingerprint density at radius 3 is 2.82 bits per heavy atom. The predicted molar refractivity (Wildman–Crippen MR) is 146 cm³/mol. The number of aryl methyl sites for hydroxylation is 1. The summed E-state index contributed by atoms with van der Waals surface area (Å²) in [7, 11) is 0. The predicted octanol–water partition coefficient (Wildman–Crippen LogP) is 4.73. The highest BCUT2D eigenvalue weighted by atomic mass is 19.3. The molecule has 39 heavy (non-hydrogen) atoms. The lowest BCUT2D eigenvalue weighted by Gasteiger charge is -2.16. The van der Waals surface area contributed by atoms with Gasteiger partial charge in [-0.1, -0.05) is 12.1 Å². The van der Waals surface area contributed by atoms with E-state index in [9.17, 15) is 8.78 Å². The molecule has 5 aromatic rings. The van der Waals surface area contributed by atoms with Crippen LogP contribution in [-0.2, 0) is 0 Å². The first-order chi connectivity index (χ1) is 18.9. The number of nitrogens with one attached hydrogen (secondary N) is 2. The number of alkyl halides is 2. The van der Waals surface area contributed by atoms with Gasteiger partial charge in [0, 0.05) is 31.9 Å². The van der Waals surface area contributed by atoms with Crippen LogP contribution >= 0.6 is 0 Å². The third-order valence-electron chi connectivity index (χ3n) is 7.08. The molecule has 196 valence electrons. The molecule has 6 heterocycles. The molecule has 9 nitrogen and oxygen atoms in total. The van der Waals surface area contributed by atoms with Gasteiger partial charge in [0.05, 0.1) is 47.5 Å². The molecule has 0 atom stereocenters. The van der Waals surface area contributed by atoms with Gasteiger partial charge in [0.15, 0.2) is 11.5 Å². The van der Waals surface area contributed by atoms with Crippen LogP contribution in [0, 0.1) is 6.92 Å². The molecule has 1 fully saturated rings. The van der Waals surface area contributed by atoms with Gasteiger partial charge in [0.2, 0.25) is 0 Å². The Morgan fingerprint density at radius 1 is 1.08 bits per heavy atom. The third-order valence-corrected chi connectivity index (χ3v) is 7.08. The number of H-pyrrole nitrogens is 2. The summed E-state index contributed by atoms with van der Waals surface area (Å²) in [6.07, 6.45) is 9.39. The topological polar surface area (TPSA) is 104 Å². The lowest BCUT2D eigenvalue weighted by Crippen LogP contribution is -2.27. The molecule has 1 aromatic carbocycles. The van der Waals surface area contributed by atoms with Crippen molar-refractivity contribution in [1.29, 1.82) is 0 Å². The van der Waals surface area contributed by atoms with Gasteiger partial charge in [0.1, 0.15) is 11.0 Å². The van der Waals surface area contributed by atoms with E-state index in [1.54, 1.807) is 17.4 Å². The van der Waals surface area contributed by atoms with Crippen molar-refractivity contribution in [2.75, 3.05) is 26.2 Å². The Morgan fingerprint density at radius 2 is 2.00 bits per heavy atom. The molecule has 0 amide bonds. The van der Waals surface area contributed by atoms with E-state index in [1.807, 2.05) is 60.2 Å². The highest BCUT2D eigenvalue weighted by molar-refractivity contribution is 5.94. The molecule has 0 radical (unpaired) electrons. The summed E-state index contributed by atoms with van der Waals surface area (Å²) in [6.45, 7) is 3.01. The molecule has 0 spiro atoms. The molecule has 0 saturated carbocycles. The molecule has 11 heteroatoms. The lowest BCUT2D eigenvalue weighted by atomic mass is 10.1. The summed E-state index contributed by atoms with van der Waals surface area (Å²) < 4.78 is 29.4. The Hall–Kier alpha value is -4.51. The quantitative estimate of drug-likeness (QED) is 0.345. The van der Waals surface area contributed by atoms with Crippen molar-refractivity contribution in [1.82, 2.24) is 39.6 Å². The molecular formula is C28H25F2N9. The SMILES string of the molecule is Cc1cn(-c2cccc3[nH]c(-c4n[nH]c5ccc(C6=CCN=CC(CN7CCC(F)(F)C7)=C6)nc45)nc23)cn1. The second-order valence-electron chi connectivity index (χ2n) is 10.0. The highest BCUT2D eigenvalue weighted by Gasteiger charge is 2.38. The van der Waals surface area contributed by atoms with Crippen molar-refractivity contribution in [2.24, 2.45) is 4.99 Å². The summed E-state index contributed by atoms with van der Waals surface area (Å²) in [5.74, 6) is -2.02. The van der Waals surface area contributed by atoms with Gasteiger partial charge < -0.3 is 9.55 Å². The molecule has 0 bridgehead atoms. The van der Waals surface area contributed by atoms with Crippen molar-refractivity contribution in [3.8, 4) is 17.2 Å². The number of hydrogen-bond donors (Lipinski definition) is 2. The van der Waals surface area contributed by atoms with Gasteiger partial charge >= 0.3 is 0 Å². The zero-order chi connectivity index (χ0) is 26.6. The molecule has 2 aliphatic rings. The van der Waals surface area contributed by atoms with E-state index in [4.69, 9.17) is 9.97 Å².